The fourth-order valence-corrected chi connectivity index (χ4v) is 11.2. The van der Waals surface area contributed by atoms with E-state index in [0.29, 0.717) is 50.2 Å². The molecule has 11 nitrogen and oxygen atoms in total. The van der Waals surface area contributed by atoms with E-state index < -0.39 is 18.0 Å². The summed E-state index contributed by atoms with van der Waals surface area (Å²) in [6.07, 6.45) is 9.90. The maximum absolute atomic E-state index is 13.3. The van der Waals surface area contributed by atoms with Crippen LogP contribution in [0.1, 0.15) is 86.5 Å². The van der Waals surface area contributed by atoms with Crippen LogP contribution in [0.5, 0.6) is 0 Å². The number of benzene rings is 4. The predicted molar refractivity (Wildman–Crippen MR) is 260 cm³/mol. The summed E-state index contributed by atoms with van der Waals surface area (Å²) < 4.78 is 49.4. The molecule has 3 heterocycles. The van der Waals surface area contributed by atoms with Crippen molar-refractivity contribution in [3.05, 3.63) is 143 Å². The number of nitrogens with one attached hydrogen (secondary N) is 2. The Balaban J connectivity index is 0.000000187. The molecule has 3 aliphatic heterocycles. The summed E-state index contributed by atoms with van der Waals surface area (Å²) in [4.78, 5) is 42.3. The standard InChI is InChI=1S/C29H37FN2O4.C27H33FN2O3/c30-26-10-8-22(9-11-26)17-24-7-4-14-32(19-24)20-25-12-13-29(35-15-16-36-29)18-27(25)31-28(33)34-21-23-5-2-1-3-6-23;28-24-11-8-20(9-12-24)15-22-7-4-14-30(17-22)18-23-10-13-25(31)16-26(23)29-27(32)33-19-21-5-2-1-3-6-21/h1-3,5-6,8-11,24-25,27H,4,7,12-21H2,(H,31,33);1-3,5-6,8-9,11-12,22-23,26H,4,7,10,13-19H2,(H,29,32)/t24-,25-,27+;22-,23-,26+/m00/s1. The number of carbonyl (C=O) groups is 3. The molecule has 2 amide bonds. The Morgan fingerprint density at radius 2 is 1.09 bits per heavy atom. The second-order valence-electron chi connectivity index (χ2n) is 20.0. The van der Waals surface area contributed by atoms with Gasteiger partial charge in [0, 0.05) is 63.9 Å². The quantitative estimate of drug-likeness (QED) is 0.127. The second-order valence-corrected chi connectivity index (χ2v) is 20.0. The zero-order valence-electron chi connectivity index (χ0n) is 39.9. The Labute approximate surface area is 406 Å². The third-order valence-electron chi connectivity index (χ3n) is 14.7. The van der Waals surface area contributed by atoms with Gasteiger partial charge in [0.05, 0.1) is 13.2 Å². The van der Waals surface area contributed by atoms with Gasteiger partial charge in [-0.1, -0.05) is 84.9 Å². The smallest absolute Gasteiger partial charge is 0.407 e. The van der Waals surface area contributed by atoms with Gasteiger partial charge in [-0.25, -0.2) is 18.4 Å². The number of carbonyl (C=O) groups excluding carboxylic acids is 3. The van der Waals surface area contributed by atoms with Gasteiger partial charge in [-0.3, -0.25) is 4.79 Å². The van der Waals surface area contributed by atoms with E-state index in [4.69, 9.17) is 18.9 Å². The zero-order valence-corrected chi connectivity index (χ0v) is 39.9. The van der Waals surface area contributed by atoms with Crippen LogP contribution in [0.2, 0.25) is 0 Å². The first kappa shape index (κ1) is 50.2. The molecule has 13 heteroatoms. The van der Waals surface area contributed by atoms with Crippen LogP contribution < -0.4 is 10.6 Å². The summed E-state index contributed by atoms with van der Waals surface area (Å²) in [6.45, 7) is 7.60. The van der Waals surface area contributed by atoms with Gasteiger partial charge < -0.3 is 39.4 Å². The molecule has 6 atom stereocenters. The highest BCUT2D eigenvalue weighted by Gasteiger charge is 2.46. The number of Topliss-reactive ketones (excluding diaryl/α,β-unsaturated/α-hetero) is 1. The minimum atomic E-state index is -0.582. The van der Waals surface area contributed by atoms with E-state index in [1.165, 1.54) is 36.1 Å². The van der Waals surface area contributed by atoms with E-state index in [1.54, 1.807) is 12.1 Å². The Morgan fingerprint density at radius 1 is 0.609 bits per heavy atom. The van der Waals surface area contributed by atoms with Crippen LogP contribution in [0.25, 0.3) is 0 Å². The highest BCUT2D eigenvalue weighted by molar-refractivity contribution is 5.81. The minimum absolute atomic E-state index is 0.0717. The number of rotatable bonds is 14. The molecule has 4 aromatic rings. The first-order valence-corrected chi connectivity index (χ1v) is 25.3. The number of ether oxygens (including phenoxy) is 4. The van der Waals surface area contributed by atoms with Gasteiger partial charge in [0.25, 0.3) is 0 Å². The summed E-state index contributed by atoms with van der Waals surface area (Å²) in [5.41, 5.74) is 4.27. The van der Waals surface area contributed by atoms with Crippen LogP contribution in [0.15, 0.2) is 109 Å². The van der Waals surface area contributed by atoms with Crippen LogP contribution in [-0.4, -0.2) is 98.1 Å². The molecular formula is C56H70F2N4O7. The molecule has 0 aromatic heterocycles. The molecule has 9 rings (SSSR count). The van der Waals surface area contributed by atoms with Crippen molar-refractivity contribution in [2.24, 2.45) is 23.7 Å². The Bertz CT molecular complexity index is 2210. The Kier molecular flexibility index (Phi) is 18.2. The van der Waals surface area contributed by atoms with E-state index in [1.807, 2.05) is 84.9 Å². The number of ketones is 1. The van der Waals surface area contributed by atoms with Crippen LogP contribution in [0.3, 0.4) is 0 Å². The fraction of sp³-hybridized carbons (Fsp3) is 0.518. The van der Waals surface area contributed by atoms with Gasteiger partial charge in [0.1, 0.15) is 30.6 Å². The predicted octanol–water partition coefficient (Wildman–Crippen LogP) is 9.66. The number of hydrogen-bond acceptors (Lipinski definition) is 9. The van der Waals surface area contributed by atoms with Crippen LogP contribution in [0, 0.1) is 35.3 Å². The largest absolute Gasteiger partial charge is 0.445 e. The summed E-state index contributed by atoms with van der Waals surface area (Å²) in [5.74, 6) is 0.869. The lowest BCUT2D eigenvalue weighted by Crippen LogP contribution is -2.54. The van der Waals surface area contributed by atoms with Crippen molar-refractivity contribution in [3.63, 3.8) is 0 Å². The number of halogens is 2. The highest BCUT2D eigenvalue weighted by atomic mass is 19.1. The normalized spacial score (nSPS) is 25.0. The Morgan fingerprint density at radius 3 is 1.59 bits per heavy atom. The first-order valence-electron chi connectivity index (χ1n) is 25.3. The third-order valence-corrected chi connectivity index (χ3v) is 14.7. The molecule has 1 spiro atoms. The molecule has 0 unspecified atom stereocenters. The van der Waals surface area contributed by atoms with Crippen LogP contribution >= 0.6 is 0 Å². The molecule has 0 bridgehead atoms. The van der Waals surface area contributed by atoms with Gasteiger partial charge in [-0.05, 0) is 135 Å². The summed E-state index contributed by atoms with van der Waals surface area (Å²) in [5, 5.41) is 6.12. The van der Waals surface area contributed by atoms with Gasteiger partial charge in [0.2, 0.25) is 0 Å². The number of likely N-dealkylation sites (tertiary alicyclic amines) is 2. The van der Waals surface area contributed by atoms with Crippen molar-refractivity contribution in [1.29, 1.82) is 0 Å². The van der Waals surface area contributed by atoms with Gasteiger partial charge in [0.15, 0.2) is 5.79 Å². The molecule has 5 fully saturated rings. The van der Waals surface area contributed by atoms with Crippen LogP contribution in [0.4, 0.5) is 18.4 Å². The molecule has 4 aromatic carbocycles. The molecule has 2 saturated carbocycles. The molecule has 0 radical (unpaired) electrons. The van der Waals surface area contributed by atoms with Crippen molar-refractivity contribution in [2.75, 3.05) is 52.5 Å². The number of piperidine rings is 2. The van der Waals surface area contributed by atoms with E-state index in [0.717, 1.165) is 95.3 Å². The van der Waals surface area contributed by atoms with Crippen molar-refractivity contribution < 1.29 is 42.1 Å². The minimum Gasteiger partial charge on any atom is -0.445 e. The highest BCUT2D eigenvalue weighted by Crippen LogP contribution is 2.39. The van der Waals surface area contributed by atoms with E-state index in [-0.39, 0.29) is 48.6 Å². The molecule has 2 aliphatic carbocycles. The lowest BCUT2D eigenvalue weighted by molar-refractivity contribution is -0.189. The lowest BCUT2D eigenvalue weighted by Gasteiger charge is -2.44. The first-order chi connectivity index (χ1) is 33.6. The molecule has 3 saturated heterocycles. The maximum atomic E-state index is 13.3. The SMILES string of the molecule is O=C(N[C@@H]1CC2(CC[C@H]1CN1CCC[C@@H](Cc3ccc(F)cc3)C1)OCCO2)OCc1ccccc1.O=C1CC[C@@H](CN2CCC[C@@H](Cc3ccc(F)cc3)C2)[C@H](NC(=O)OCc2ccccc2)C1. The maximum Gasteiger partial charge on any atom is 0.407 e. The third kappa shape index (κ3) is 15.6. The molecular weight excluding hydrogens is 879 g/mol. The van der Waals surface area contributed by atoms with E-state index >= 15 is 0 Å². The van der Waals surface area contributed by atoms with Crippen LogP contribution in [-0.2, 0) is 49.8 Å². The molecule has 5 aliphatic rings. The second kappa shape index (κ2) is 25.1. The van der Waals surface area contributed by atoms with Gasteiger partial charge >= 0.3 is 12.2 Å². The summed E-state index contributed by atoms with van der Waals surface area (Å²) in [6, 6.07) is 32.8. The fourth-order valence-electron chi connectivity index (χ4n) is 11.2. The monoisotopic (exact) mass is 949 g/mol. The lowest BCUT2D eigenvalue weighted by atomic mass is 9.80. The molecule has 370 valence electrons. The van der Waals surface area contributed by atoms with E-state index in [9.17, 15) is 23.2 Å². The van der Waals surface area contributed by atoms with Crippen molar-refractivity contribution in [2.45, 2.75) is 108 Å². The average molecular weight is 949 g/mol. The van der Waals surface area contributed by atoms with Crippen molar-refractivity contribution in [1.82, 2.24) is 20.4 Å². The number of amides is 2. The summed E-state index contributed by atoms with van der Waals surface area (Å²) in [7, 11) is 0. The number of alkyl carbamates (subject to hydrolysis) is 2. The van der Waals surface area contributed by atoms with Gasteiger partial charge in [-0.2, -0.15) is 0 Å². The number of nitrogens with zero attached hydrogens (tertiary/aromatic N) is 2. The number of hydrogen-bond donors (Lipinski definition) is 2. The molecule has 2 N–H and O–H groups in total. The molecule has 69 heavy (non-hydrogen) atoms. The van der Waals surface area contributed by atoms with E-state index in [2.05, 4.69) is 20.4 Å². The van der Waals surface area contributed by atoms with Crippen molar-refractivity contribution in [3.8, 4) is 0 Å². The average Bonchev–Trinajstić information content (AvgIpc) is 3.82. The Hall–Kier alpha value is -5.21. The van der Waals surface area contributed by atoms with Gasteiger partial charge in [-0.15, -0.1) is 0 Å². The zero-order chi connectivity index (χ0) is 47.8. The van der Waals surface area contributed by atoms with Crippen molar-refractivity contribution >= 4 is 18.0 Å². The summed E-state index contributed by atoms with van der Waals surface area (Å²) >= 11 is 0. The topological polar surface area (TPSA) is 119 Å².